The number of hydrogen-bond donors (Lipinski definition) is 2. The van der Waals surface area contributed by atoms with Gasteiger partial charge in [0.05, 0.1) is 17.2 Å². The van der Waals surface area contributed by atoms with Crippen molar-refractivity contribution in [1.82, 2.24) is 25.2 Å². The Kier molecular flexibility index (Phi) is 5.50. The predicted molar refractivity (Wildman–Crippen MR) is 114 cm³/mol. The Bertz CT molecular complexity index is 1120. The smallest absolute Gasteiger partial charge is 0.270 e. The van der Waals surface area contributed by atoms with Gasteiger partial charge in [-0.15, -0.1) is 0 Å². The summed E-state index contributed by atoms with van der Waals surface area (Å²) >= 11 is 0. The summed E-state index contributed by atoms with van der Waals surface area (Å²) < 4.78 is 5.95. The van der Waals surface area contributed by atoms with Gasteiger partial charge in [0.25, 0.3) is 11.5 Å². The minimum atomic E-state index is -0.219. The molecule has 1 aliphatic heterocycles. The number of hydrogen-bond acceptors (Lipinski definition) is 6. The number of nitrogens with zero attached hydrogens (tertiary/aromatic N) is 3. The van der Waals surface area contributed by atoms with Crippen molar-refractivity contribution in [3.8, 4) is 5.75 Å². The predicted octanol–water partition coefficient (Wildman–Crippen LogP) is 2.06. The molecule has 0 saturated carbocycles. The molecule has 0 bridgehead atoms. The van der Waals surface area contributed by atoms with E-state index in [2.05, 4.69) is 38.2 Å². The minimum absolute atomic E-state index is 0.0779. The third kappa shape index (κ3) is 3.91. The number of benzene rings is 1. The Labute approximate surface area is 174 Å². The molecule has 4 rings (SSSR count). The van der Waals surface area contributed by atoms with Crippen molar-refractivity contribution in [2.75, 3.05) is 20.1 Å². The summed E-state index contributed by atoms with van der Waals surface area (Å²) in [5, 5.41) is 2.54. The van der Waals surface area contributed by atoms with E-state index in [1.807, 2.05) is 19.1 Å². The van der Waals surface area contributed by atoms with Crippen LogP contribution in [0.25, 0.3) is 11.0 Å². The molecule has 0 spiro atoms. The summed E-state index contributed by atoms with van der Waals surface area (Å²) in [6, 6.07) is 9.64. The summed E-state index contributed by atoms with van der Waals surface area (Å²) in [4.78, 5) is 37.4. The molecule has 3 heterocycles. The highest BCUT2D eigenvalue weighted by atomic mass is 16.5. The van der Waals surface area contributed by atoms with E-state index in [0.29, 0.717) is 23.6 Å². The van der Waals surface area contributed by atoms with Crippen LogP contribution in [0.5, 0.6) is 5.75 Å². The first-order valence-electron chi connectivity index (χ1n) is 10.1. The van der Waals surface area contributed by atoms with E-state index in [0.717, 1.165) is 29.7 Å². The molecule has 0 aliphatic carbocycles. The van der Waals surface area contributed by atoms with Crippen LogP contribution in [-0.2, 0) is 6.42 Å². The molecule has 1 saturated heterocycles. The Morgan fingerprint density at radius 3 is 2.80 bits per heavy atom. The number of rotatable bonds is 6. The van der Waals surface area contributed by atoms with Gasteiger partial charge in [-0.2, -0.15) is 0 Å². The van der Waals surface area contributed by atoms with Crippen molar-refractivity contribution in [3.63, 3.8) is 0 Å². The van der Waals surface area contributed by atoms with E-state index in [9.17, 15) is 9.59 Å². The van der Waals surface area contributed by atoms with Crippen LogP contribution in [-0.4, -0.2) is 52.0 Å². The highest BCUT2D eigenvalue weighted by Gasteiger charge is 2.32. The van der Waals surface area contributed by atoms with Gasteiger partial charge in [0, 0.05) is 26.2 Å². The van der Waals surface area contributed by atoms with Gasteiger partial charge >= 0.3 is 0 Å². The maximum atomic E-state index is 12.1. The lowest BCUT2D eigenvalue weighted by atomic mass is 10.0. The number of carbonyl (C=O) groups is 1. The van der Waals surface area contributed by atoms with E-state index >= 15 is 0 Å². The molecule has 1 amide bonds. The largest absolute Gasteiger partial charge is 0.486 e. The second-order valence-corrected chi connectivity index (χ2v) is 7.47. The van der Waals surface area contributed by atoms with Crippen LogP contribution < -0.4 is 15.6 Å². The molecule has 2 aromatic heterocycles. The summed E-state index contributed by atoms with van der Waals surface area (Å²) in [6.07, 6.45) is 2.27. The molecule has 30 heavy (non-hydrogen) atoms. The van der Waals surface area contributed by atoms with E-state index in [1.54, 1.807) is 25.4 Å². The van der Waals surface area contributed by atoms with Gasteiger partial charge < -0.3 is 15.0 Å². The zero-order valence-corrected chi connectivity index (χ0v) is 17.3. The Balaban J connectivity index is 1.38. The third-order valence-corrected chi connectivity index (χ3v) is 5.53. The number of likely N-dealkylation sites (tertiary alicyclic amines) is 1. The molecule has 8 nitrogen and oxygen atoms in total. The second-order valence-electron chi connectivity index (χ2n) is 7.47. The fraction of sp³-hybridized carbons (Fsp3) is 0.364. The summed E-state index contributed by atoms with van der Waals surface area (Å²) in [6.45, 7) is 5.65. The van der Waals surface area contributed by atoms with E-state index in [4.69, 9.17) is 4.74 Å². The van der Waals surface area contributed by atoms with Gasteiger partial charge in [-0.1, -0.05) is 13.0 Å². The molecular weight excluding hydrogens is 382 g/mol. The van der Waals surface area contributed by atoms with Crippen LogP contribution >= 0.6 is 0 Å². The van der Waals surface area contributed by atoms with Gasteiger partial charge in [0.1, 0.15) is 23.2 Å². The molecule has 156 valence electrons. The van der Waals surface area contributed by atoms with Gasteiger partial charge in [0.15, 0.2) is 0 Å². The highest BCUT2D eigenvalue weighted by molar-refractivity contribution is 5.91. The number of aromatic nitrogens is 3. The number of aromatic amines is 1. The van der Waals surface area contributed by atoms with E-state index in [1.165, 1.54) is 0 Å². The maximum absolute atomic E-state index is 12.1. The lowest BCUT2D eigenvalue weighted by Gasteiger charge is -2.42. The summed E-state index contributed by atoms with van der Waals surface area (Å²) in [7, 11) is 1.57. The first-order chi connectivity index (χ1) is 14.5. The lowest BCUT2D eigenvalue weighted by Crippen LogP contribution is -2.54. The number of H-pyrrole nitrogens is 1. The van der Waals surface area contributed by atoms with Crippen molar-refractivity contribution >= 4 is 16.9 Å². The number of carbonyl (C=O) groups excluding carboxylic acids is 1. The lowest BCUT2D eigenvalue weighted by molar-refractivity contribution is -0.00538. The fourth-order valence-corrected chi connectivity index (χ4v) is 3.62. The zero-order valence-electron chi connectivity index (χ0n) is 17.3. The van der Waals surface area contributed by atoms with Gasteiger partial charge in [-0.25, -0.2) is 9.97 Å². The standard InChI is InChI=1S/C22H25N5O3/c1-4-17-22(29)26-20-9-14(5-7-18(20)25-17)13(2)27-11-16(12-27)30-15-6-8-19(24-10-15)21(28)23-3/h5-10,13,16H,4,11-12H2,1-3H3,(H,23,28)(H,26,29)/t13-/m0/s1. The average molecular weight is 407 g/mol. The fourth-order valence-electron chi connectivity index (χ4n) is 3.62. The Hall–Kier alpha value is -3.26. The molecule has 1 aromatic carbocycles. The van der Waals surface area contributed by atoms with Crippen molar-refractivity contribution in [1.29, 1.82) is 0 Å². The van der Waals surface area contributed by atoms with Crippen LogP contribution in [0, 0.1) is 0 Å². The van der Waals surface area contributed by atoms with Crippen molar-refractivity contribution in [3.05, 3.63) is 63.8 Å². The van der Waals surface area contributed by atoms with E-state index in [-0.39, 0.29) is 23.6 Å². The number of amides is 1. The molecule has 2 N–H and O–H groups in total. The minimum Gasteiger partial charge on any atom is -0.486 e. The Morgan fingerprint density at radius 2 is 2.13 bits per heavy atom. The van der Waals surface area contributed by atoms with Gasteiger partial charge in [-0.3, -0.25) is 14.5 Å². The molecule has 0 radical (unpaired) electrons. The van der Waals surface area contributed by atoms with Crippen molar-refractivity contribution in [2.45, 2.75) is 32.4 Å². The zero-order chi connectivity index (χ0) is 21.3. The highest BCUT2D eigenvalue weighted by Crippen LogP contribution is 2.28. The summed E-state index contributed by atoms with van der Waals surface area (Å²) in [5.74, 6) is 0.434. The first kappa shape index (κ1) is 20.0. The monoisotopic (exact) mass is 407 g/mol. The molecule has 8 heteroatoms. The molecule has 1 fully saturated rings. The second kappa shape index (κ2) is 8.23. The molecule has 0 unspecified atom stereocenters. The topological polar surface area (TPSA) is 100 Å². The number of pyridine rings is 1. The number of ether oxygens (including phenoxy) is 1. The molecule has 1 atom stereocenters. The summed E-state index contributed by atoms with van der Waals surface area (Å²) in [5.41, 5.74) is 3.49. The van der Waals surface area contributed by atoms with Crippen LogP contribution in [0.2, 0.25) is 0 Å². The van der Waals surface area contributed by atoms with Crippen molar-refractivity contribution in [2.24, 2.45) is 0 Å². The van der Waals surface area contributed by atoms with E-state index < -0.39 is 0 Å². The molecule has 3 aromatic rings. The van der Waals surface area contributed by atoms with Gasteiger partial charge in [0.2, 0.25) is 0 Å². The van der Waals surface area contributed by atoms with Crippen LogP contribution in [0.1, 0.15) is 41.6 Å². The maximum Gasteiger partial charge on any atom is 0.270 e. The van der Waals surface area contributed by atoms with Crippen LogP contribution in [0.15, 0.2) is 41.3 Å². The quantitative estimate of drug-likeness (QED) is 0.649. The number of fused-ring (bicyclic) bond motifs is 1. The SMILES string of the molecule is CCc1nc2ccc([C@H](C)N3CC(Oc4ccc(C(=O)NC)nc4)C3)cc2[nH]c1=O. The van der Waals surface area contributed by atoms with Crippen molar-refractivity contribution < 1.29 is 9.53 Å². The Morgan fingerprint density at radius 1 is 1.33 bits per heavy atom. The molecule has 1 aliphatic rings. The molecular formula is C22H25N5O3. The average Bonchev–Trinajstić information content (AvgIpc) is 2.74. The van der Waals surface area contributed by atoms with Crippen LogP contribution in [0.4, 0.5) is 0 Å². The normalized spacial score (nSPS) is 15.6. The third-order valence-electron chi connectivity index (χ3n) is 5.53. The first-order valence-corrected chi connectivity index (χ1v) is 10.1. The van der Waals surface area contributed by atoms with Crippen LogP contribution in [0.3, 0.4) is 0 Å². The number of aryl methyl sites for hydroxylation is 1. The number of nitrogens with one attached hydrogen (secondary N) is 2. The van der Waals surface area contributed by atoms with Gasteiger partial charge in [-0.05, 0) is 43.2 Å².